The third-order valence-electron chi connectivity index (χ3n) is 2.39. The minimum atomic E-state index is -1.85. The van der Waals surface area contributed by atoms with Gasteiger partial charge < -0.3 is 14.7 Å². The average Bonchev–Trinajstić information content (AvgIpc) is 2.10. The van der Waals surface area contributed by atoms with Crippen molar-refractivity contribution in [1.29, 1.82) is 0 Å². The summed E-state index contributed by atoms with van der Waals surface area (Å²) in [5.74, 6) is -1.70. The summed E-state index contributed by atoms with van der Waals surface area (Å²) in [7, 11) is 5.39. The molecular formula is C12H22NO4+. The number of rotatable bonds is 6. The zero-order valence-corrected chi connectivity index (χ0v) is 11.1. The van der Waals surface area contributed by atoms with Gasteiger partial charge in [0.25, 0.3) is 0 Å². The molecule has 1 atom stereocenters. The summed E-state index contributed by atoms with van der Waals surface area (Å²) < 4.78 is 0.312. The highest BCUT2D eigenvalue weighted by Gasteiger charge is 2.43. The molecule has 5 nitrogen and oxygen atoms in total. The number of ketones is 1. The van der Waals surface area contributed by atoms with Crippen LogP contribution in [0.25, 0.3) is 0 Å². The molecule has 0 rings (SSSR count). The van der Waals surface area contributed by atoms with Crippen molar-refractivity contribution < 1.29 is 24.3 Å². The van der Waals surface area contributed by atoms with Crippen molar-refractivity contribution in [3.05, 3.63) is 11.6 Å². The Morgan fingerprint density at radius 3 is 2.06 bits per heavy atom. The normalized spacial score (nSPS) is 16.5. The van der Waals surface area contributed by atoms with Crippen LogP contribution >= 0.6 is 0 Å². The van der Waals surface area contributed by atoms with E-state index >= 15 is 0 Å². The zero-order chi connectivity index (χ0) is 13.9. The van der Waals surface area contributed by atoms with Crippen LogP contribution in [0.5, 0.6) is 0 Å². The lowest BCUT2D eigenvalue weighted by Gasteiger charge is -2.33. The minimum absolute atomic E-state index is 0.0588. The molecule has 0 aromatic rings. The number of carboxylic acids is 1. The van der Waals surface area contributed by atoms with Gasteiger partial charge in [-0.25, -0.2) is 0 Å². The van der Waals surface area contributed by atoms with Crippen LogP contribution in [0, 0.1) is 0 Å². The number of carbonyl (C=O) groups excluding carboxylic acids is 1. The fourth-order valence-corrected chi connectivity index (χ4v) is 1.74. The molecule has 0 unspecified atom stereocenters. The second kappa shape index (κ2) is 5.42. The van der Waals surface area contributed by atoms with E-state index < -0.39 is 23.8 Å². The molecule has 0 heterocycles. The van der Waals surface area contributed by atoms with E-state index in [9.17, 15) is 14.7 Å². The maximum atomic E-state index is 12.0. The van der Waals surface area contributed by atoms with Crippen LogP contribution in [-0.2, 0) is 9.59 Å². The molecule has 0 aliphatic rings. The van der Waals surface area contributed by atoms with Crippen LogP contribution < -0.4 is 0 Å². The van der Waals surface area contributed by atoms with Gasteiger partial charge in [-0.05, 0) is 19.4 Å². The molecule has 0 spiro atoms. The Kier molecular flexibility index (Phi) is 5.04. The molecule has 5 heteroatoms. The van der Waals surface area contributed by atoms with Crippen LogP contribution in [0.3, 0.4) is 0 Å². The highest BCUT2D eigenvalue weighted by Crippen LogP contribution is 2.20. The van der Waals surface area contributed by atoms with Gasteiger partial charge in [-0.1, -0.05) is 6.08 Å². The van der Waals surface area contributed by atoms with Gasteiger partial charge in [-0.15, -0.1) is 0 Å². The van der Waals surface area contributed by atoms with Crippen molar-refractivity contribution in [2.45, 2.75) is 25.9 Å². The molecule has 98 valence electrons. The van der Waals surface area contributed by atoms with Crippen molar-refractivity contribution in [3.63, 3.8) is 0 Å². The number of aliphatic carboxylic acids is 1. The van der Waals surface area contributed by atoms with Gasteiger partial charge in [0.15, 0.2) is 11.4 Å². The summed E-state index contributed by atoms with van der Waals surface area (Å²) in [5, 5.41) is 19.1. The Balaban J connectivity index is 5.24. The van der Waals surface area contributed by atoms with E-state index in [1.807, 2.05) is 0 Å². The van der Waals surface area contributed by atoms with Crippen molar-refractivity contribution in [2.24, 2.45) is 0 Å². The first-order valence-electron chi connectivity index (χ1n) is 5.44. The third kappa shape index (κ3) is 5.10. The maximum Gasteiger partial charge on any atom is 0.307 e. The number of carbonyl (C=O) groups is 2. The number of hydrogen-bond donors (Lipinski definition) is 2. The summed E-state index contributed by atoms with van der Waals surface area (Å²) >= 11 is 0. The number of hydrogen-bond acceptors (Lipinski definition) is 3. The summed E-state index contributed by atoms with van der Waals surface area (Å²) in [6.07, 6.45) is 0.997. The van der Waals surface area contributed by atoms with Crippen molar-refractivity contribution in [1.82, 2.24) is 0 Å². The smallest absolute Gasteiger partial charge is 0.307 e. The SMILES string of the molecule is C/C=C(\C)C(=O)[C@@](O)(CC(=O)O)C[N+](C)(C)C. The number of allylic oxidation sites excluding steroid dienone is 1. The number of quaternary nitrogens is 1. The molecule has 0 aliphatic heterocycles. The molecule has 0 saturated carbocycles. The van der Waals surface area contributed by atoms with E-state index in [-0.39, 0.29) is 6.54 Å². The number of Topliss-reactive ketones (excluding diaryl/α,β-unsaturated/α-hetero) is 1. The standard InChI is InChI=1S/C12H21NO4/c1-6-9(2)11(16)12(17,7-10(14)15)8-13(3,4)5/h6,17H,7-8H2,1-5H3/p+1/b9-6+/t12-/m1/s1. The third-order valence-corrected chi connectivity index (χ3v) is 2.39. The molecule has 0 aliphatic carbocycles. The van der Waals surface area contributed by atoms with Crippen LogP contribution in [0.4, 0.5) is 0 Å². The lowest BCUT2D eigenvalue weighted by molar-refractivity contribution is -0.875. The molecule has 0 saturated heterocycles. The van der Waals surface area contributed by atoms with E-state index in [4.69, 9.17) is 5.11 Å². The van der Waals surface area contributed by atoms with E-state index in [0.717, 1.165) is 0 Å². The fraction of sp³-hybridized carbons (Fsp3) is 0.667. The van der Waals surface area contributed by atoms with E-state index in [2.05, 4.69) is 0 Å². The first kappa shape index (κ1) is 15.8. The lowest BCUT2D eigenvalue weighted by atomic mass is 9.89. The maximum absolute atomic E-state index is 12.0. The highest BCUT2D eigenvalue weighted by molar-refractivity contribution is 6.03. The predicted molar refractivity (Wildman–Crippen MR) is 64.5 cm³/mol. The van der Waals surface area contributed by atoms with Gasteiger partial charge in [0.2, 0.25) is 0 Å². The molecule has 0 fully saturated rings. The molecule has 0 bridgehead atoms. The molecule has 0 aromatic carbocycles. The second-order valence-corrected chi connectivity index (χ2v) is 5.35. The Labute approximate surface area is 102 Å². The minimum Gasteiger partial charge on any atom is -0.481 e. The Bertz CT molecular complexity index is 341. The number of likely N-dealkylation sites (N-methyl/N-ethyl adjacent to an activating group) is 1. The van der Waals surface area contributed by atoms with Crippen LogP contribution in [0.1, 0.15) is 20.3 Å². The fourth-order valence-electron chi connectivity index (χ4n) is 1.74. The largest absolute Gasteiger partial charge is 0.481 e. The number of nitrogens with zero attached hydrogens (tertiary/aromatic N) is 1. The number of carboxylic acid groups (broad SMARTS) is 1. The molecule has 0 amide bonds. The van der Waals surface area contributed by atoms with Crippen LogP contribution in [0.2, 0.25) is 0 Å². The summed E-state index contributed by atoms with van der Waals surface area (Å²) in [6, 6.07) is 0. The molecule has 2 N–H and O–H groups in total. The van der Waals surface area contributed by atoms with Gasteiger partial charge in [0, 0.05) is 0 Å². The van der Waals surface area contributed by atoms with Gasteiger partial charge in [-0.2, -0.15) is 0 Å². The topological polar surface area (TPSA) is 74.6 Å². The quantitative estimate of drug-likeness (QED) is 0.525. The molecular weight excluding hydrogens is 222 g/mol. The van der Waals surface area contributed by atoms with E-state index in [1.165, 1.54) is 0 Å². The van der Waals surface area contributed by atoms with E-state index in [0.29, 0.717) is 10.1 Å². The van der Waals surface area contributed by atoms with Crippen molar-refractivity contribution in [3.8, 4) is 0 Å². The Hall–Kier alpha value is -1.20. The van der Waals surface area contributed by atoms with Crippen LogP contribution in [0.15, 0.2) is 11.6 Å². The molecule has 17 heavy (non-hydrogen) atoms. The first-order valence-corrected chi connectivity index (χ1v) is 5.44. The first-order chi connectivity index (χ1) is 7.52. The highest BCUT2D eigenvalue weighted by atomic mass is 16.4. The zero-order valence-electron chi connectivity index (χ0n) is 11.1. The summed E-state index contributed by atoms with van der Waals surface area (Å²) in [6.45, 7) is 3.31. The number of aliphatic hydroxyl groups is 1. The van der Waals surface area contributed by atoms with Gasteiger partial charge >= 0.3 is 5.97 Å². The lowest BCUT2D eigenvalue weighted by Crippen LogP contribution is -2.55. The summed E-state index contributed by atoms with van der Waals surface area (Å²) in [5.41, 5.74) is -1.47. The van der Waals surface area contributed by atoms with Crippen molar-refractivity contribution >= 4 is 11.8 Å². The van der Waals surface area contributed by atoms with Gasteiger partial charge in [0.05, 0.1) is 27.6 Å². The van der Waals surface area contributed by atoms with E-state index in [1.54, 1.807) is 41.1 Å². The monoisotopic (exact) mass is 244 g/mol. The molecule has 0 radical (unpaired) electrons. The Morgan fingerprint density at radius 1 is 1.29 bits per heavy atom. The van der Waals surface area contributed by atoms with Gasteiger partial charge in [-0.3, -0.25) is 9.59 Å². The van der Waals surface area contributed by atoms with Crippen molar-refractivity contribution in [2.75, 3.05) is 27.7 Å². The average molecular weight is 244 g/mol. The molecule has 0 aromatic heterocycles. The second-order valence-electron chi connectivity index (χ2n) is 5.35. The Morgan fingerprint density at radius 2 is 1.76 bits per heavy atom. The summed E-state index contributed by atoms with van der Waals surface area (Å²) in [4.78, 5) is 22.8. The predicted octanol–water partition coefficient (Wildman–Crippen LogP) is 0.434. The van der Waals surface area contributed by atoms with Gasteiger partial charge in [0.1, 0.15) is 6.54 Å². The van der Waals surface area contributed by atoms with Crippen LogP contribution in [-0.4, -0.2) is 59.7 Å².